The van der Waals surface area contributed by atoms with Gasteiger partial charge in [0.2, 0.25) is 5.91 Å². The second-order valence-electron chi connectivity index (χ2n) is 5.05. The van der Waals surface area contributed by atoms with Crippen molar-refractivity contribution >= 4 is 23.2 Å². The fraction of sp³-hybridized carbons (Fsp3) is 0.533. The van der Waals surface area contributed by atoms with E-state index >= 15 is 0 Å². The third-order valence-corrected chi connectivity index (χ3v) is 3.10. The van der Waals surface area contributed by atoms with Gasteiger partial charge in [0.15, 0.2) is 0 Å². The van der Waals surface area contributed by atoms with Crippen LogP contribution < -0.4 is 15.4 Å². The van der Waals surface area contributed by atoms with Crippen molar-refractivity contribution in [3.8, 4) is 5.75 Å². The van der Waals surface area contributed by atoms with E-state index < -0.39 is 0 Å². The first-order valence-corrected chi connectivity index (χ1v) is 7.29. The van der Waals surface area contributed by atoms with Gasteiger partial charge in [0.1, 0.15) is 5.75 Å². The van der Waals surface area contributed by atoms with E-state index in [4.69, 9.17) is 16.3 Å². The molecule has 2 N–H and O–H groups in total. The van der Waals surface area contributed by atoms with Gasteiger partial charge in [-0.15, -0.1) is 0 Å². The predicted molar refractivity (Wildman–Crippen MR) is 83.6 cm³/mol. The zero-order valence-electron chi connectivity index (χ0n) is 12.5. The highest BCUT2D eigenvalue weighted by Gasteiger charge is 2.08. The van der Waals surface area contributed by atoms with Gasteiger partial charge in [-0.25, -0.2) is 0 Å². The highest BCUT2D eigenvalue weighted by Crippen LogP contribution is 2.28. The molecule has 0 aliphatic rings. The lowest BCUT2D eigenvalue weighted by Crippen LogP contribution is -2.33. The number of amides is 1. The monoisotopic (exact) mass is 298 g/mol. The molecule has 20 heavy (non-hydrogen) atoms. The maximum absolute atomic E-state index is 11.8. The summed E-state index contributed by atoms with van der Waals surface area (Å²) in [5.41, 5.74) is 0.669. The van der Waals surface area contributed by atoms with Crippen LogP contribution in [0.15, 0.2) is 18.2 Å². The highest BCUT2D eigenvalue weighted by atomic mass is 35.5. The average molecular weight is 299 g/mol. The average Bonchev–Trinajstić information content (AvgIpc) is 2.38. The minimum atomic E-state index is -0.0844. The number of rotatable bonds is 7. The maximum Gasteiger partial charge on any atom is 0.238 e. The third-order valence-electron chi connectivity index (χ3n) is 2.80. The summed E-state index contributed by atoms with van der Waals surface area (Å²) in [4.78, 5) is 11.8. The summed E-state index contributed by atoms with van der Waals surface area (Å²) >= 11 is 6.11. The van der Waals surface area contributed by atoms with Gasteiger partial charge < -0.3 is 15.4 Å². The van der Waals surface area contributed by atoms with Gasteiger partial charge in [0.05, 0.1) is 17.7 Å². The molecule has 1 unspecified atom stereocenters. The van der Waals surface area contributed by atoms with E-state index in [2.05, 4.69) is 17.6 Å². The van der Waals surface area contributed by atoms with Crippen LogP contribution in [-0.4, -0.2) is 24.6 Å². The number of hydrogen-bond acceptors (Lipinski definition) is 3. The first-order chi connectivity index (χ1) is 9.42. The summed E-state index contributed by atoms with van der Waals surface area (Å²) in [6, 6.07) is 5.57. The zero-order chi connectivity index (χ0) is 15.1. The standard InChI is InChI=1S/C15H23ClN2O2/c1-5-11(4)17-9-15(19)18-12-6-7-14(13(16)8-12)20-10(2)3/h6-8,10-11,17H,5,9H2,1-4H3,(H,18,19). The largest absolute Gasteiger partial charge is 0.489 e. The summed E-state index contributed by atoms with van der Waals surface area (Å²) in [6.07, 6.45) is 1.05. The van der Waals surface area contributed by atoms with Gasteiger partial charge in [0, 0.05) is 11.7 Å². The molecule has 4 nitrogen and oxygen atoms in total. The van der Waals surface area contributed by atoms with Gasteiger partial charge >= 0.3 is 0 Å². The Hall–Kier alpha value is -1.26. The van der Waals surface area contributed by atoms with E-state index in [0.717, 1.165) is 6.42 Å². The van der Waals surface area contributed by atoms with Crippen LogP contribution in [0.25, 0.3) is 0 Å². The quantitative estimate of drug-likeness (QED) is 0.810. The molecular weight excluding hydrogens is 276 g/mol. The molecule has 0 aromatic heterocycles. The Kier molecular flexibility index (Phi) is 6.82. The lowest BCUT2D eigenvalue weighted by molar-refractivity contribution is -0.115. The number of hydrogen-bond donors (Lipinski definition) is 2. The molecule has 1 aromatic rings. The van der Waals surface area contributed by atoms with Crippen molar-refractivity contribution in [2.75, 3.05) is 11.9 Å². The molecule has 0 bridgehead atoms. The molecule has 1 rings (SSSR count). The summed E-state index contributed by atoms with van der Waals surface area (Å²) in [6.45, 7) is 8.28. The maximum atomic E-state index is 11.8. The van der Waals surface area contributed by atoms with Crippen LogP contribution in [0.5, 0.6) is 5.75 Å². The Morgan fingerprint density at radius 3 is 2.60 bits per heavy atom. The van der Waals surface area contributed by atoms with E-state index in [-0.39, 0.29) is 18.6 Å². The summed E-state index contributed by atoms with van der Waals surface area (Å²) < 4.78 is 5.54. The number of nitrogens with one attached hydrogen (secondary N) is 2. The van der Waals surface area contributed by atoms with E-state index in [1.165, 1.54) is 0 Å². The van der Waals surface area contributed by atoms with Gasteiger partial charge in [-0.05, 0) is 45.4 Å². The van der Waals surface area contributed by atoms with E-state index in [9.17, 15) is 4.79 Å². The number of carbonyl (C=O) groups excluding carboxylic acids is 1. The van der Waals surface area contributed by atoms with Crippen LogP contribution in [0, 0.1) is 0 Å². The van der Waals surface area contributed by atoms with Crippen molar-refractivity contribution in [2.24, 2.45) is 0 Å². The molecule has 0 radical (unpaired) electrons. The Balaban J connectivity index is 2.56. The number of carbonyl (C=O) groups is 1. The fourth-order valence-corrected chi connectivity index (χ4v) is 1.77. The number of benzene rings is 1. The molecule has 0 heterocycles. The minimum absolute atomic E-state index is 0.0627. The molecule has 0 aliphatic heterocycles. The smallest absolute Gasteiger partial charge is 0.238 e. The summed E-state index contributed by atoms with van der Waals surface area (Å²) in [7, 11) is 0. The molecule has 0 spiro atoms. The SMILES string of the molecule is CCC(C)NCC(=O)Nc1ccc(OC(C)C)c(Cl)c1. The molecule has 112 valence electrons. The van der Waals surface area contributed by atoms with Crippen LogP contribution >= 0.6 is 11.6 Å². The van der Waals surface area contributed by atoms with E-state index in [1.807, 2.05) is 20.8 Å². The van der Waals surface area contributed by atoms with Gasteiger partial charge in [-0.1, -0.05) is 18.5 Å². The molecule has 0 saturated carbocycles. The molecule has 0 saturated heterocycles. The number of anilines is 1. The van der Waals surface area contributed by atoms with Crippen LogP contribution in [0.2, 0.25) is 5.02 Å². The Morgan fingerprint density at radius 1 is 1.35 bits per heavy atom. The van der Waals surface area contributed by atoms with E-state index in [1.54, 1.807) is 18.2 Å². The first kappa shape index (κ1) is 16.8. The van der Waals surface area contributed by atoms with Gasteiger partial charge in [-0.3, -0.25) is 4.79 Å². The topological polar surface area (TPSA) is 50.4 Å². The first-order valence-electron chi connectivity index (χ1n) is 6.91. The van der Waals surface area contributed by atoms with Crippen LogP contribution in [-0.2, 0) is 4.79 Å². The molecular formula is C15H23ClN2O2. The molecule has 0 aliphatic carbocycles. The molecule has 1 atom stereocenters. The minimum Gasteiger partial charge on any atom is -0.489 e. The van der Waals surface area contributed by atoms with Gasteiger partial charge in [0.25, 0.3) is 0 Å². The summed E-state index contributed by atoms with van der Waals surface area (Å²) in [5, 5.41) is 6.43. The van der Waals surface area contributed by atoms with Crippen molar-refractivity contribution in [1.29, 1.82) is 0 Å². The molecule has 0 fully saturated rings. The van der Waals surface area contributed by atoms with Crippen molar-refractivity contribution in [1.82, 2.24) is 5.32 Å². The second kappa shape index (κ2) is 8.12. The zero-order valence-corrected chi connectivity index (χ0v) is 13.3. The number of ether oxygens (including phenoxy) is 1. The van der Waals surface area contributed by atoms with Crippen molar-refractivity contribution in [3.63, 3.8) is 0 Å². The second-order valence-corrected chi connectivity index (χ2v) is 5.46. The van der Waals surface area contributed by atoms with Crippen LogP contribution in [0.1, 0.15) is 34.1 Å². The number of halogens is 1. The van der Waals surface area contributed by atoms with Crippen molar-refractivity contribution in [3.05, 3.63) is 23.2 Å². The molecule has 5 heteroatoms. The lowest BCUT2D eigenvalue weighted by Gasteiger charge is -2.14. The Bertz CT molecular complexity index is 449. The van der Waals surface area contributed by atoms with Crippen LogP contribution in [0.4, 0.5) is 5.69 Å². The third kappa shape index (κ3) is 5.80. The van der Waals surface area contributed by atoms with Gasteiger partial charge in [-0.2, -0.15) is 0 Å². The molecule has 1 aromatic carbocycles. The fourth-order valence-electron chi connectivity index (χ4n) is 1.54. The van der Waals surface area contributed by atoms with Crippen LogP contribution in [0.3, 0.4) is 0 Å². The van der Waals surface area contributed by atoms with Crippen molar-refractivity contribution in [2.45, 2.75) is 46.3 Å². The Morgan fingerprint density at radius 2 is 2.05 bits per heavy atom. The predicted octanol–water partition coefficient (Wildman–Crippen LogP) is 3.45. The summed E-state index contributed by atoms with van der Waals surface area (Å²) in [5.74, 6) is 0.538. The molecule has 1 amide bonds. The Labute approximate surface area is 125 Å². The highest BCUT2D eigenvalue weighted by molar-refractivity contribution is 6.32. The normalized spacial score (nSPS) is 12.3. The van der Waals surface area contributed by atoms with E-state index in [0.29, 0.717) is 22.5 Å². The van der Waals surface area contributed by atoms with Crippen molar-refractivity contribution < 1.29 is 9.53 Å². The lowest BCUT2D eigenvalue weighted by atomic mass is 10.2.